The lowest BCUT2D eigenvalue weighted by Gasteiger charge is -2.18. The van der Waals surface area contributed by atoms with Gasteiger partial charge < -0.3 is 19.9 Å². The zero-order valence-corrected chi connectivity index (χ0v) is 20.1. The largest absolute Gasteiger partial charge is 0.492 e. The molecule has 11 heteroatoms. The van der Waals surface area contributed by atoms with Crippen LogP contribution < -0.4 is 10.1 Å². The van der Waals surface area contributed by atoms with E-state index in [2.05, 4.69) is 20.3 Å². The Morgan fingerprint density at radius 3 is 2.67 bits per heavy atom. The molecule has 1 aromatic carbocycles. The van der Waals surface area contributed by atoms with Crippen LogP contribution in [0, 0.1) is 25.6 Å². The Balaban J connectivity index is 1.52. The second-order valence-corrected chi connectivity index (χ2v) is 9.58. The number of rotatable bonds is 6. The molecule has 2 aromatic heterocycles. The van der Waals surface area contributed by atoms with Crippen LogP contribution in [0.1, 0.15) is 41.4 Å². The number of fused-ring (bicyclic) bond motifs is 1. The van der Waals surface area contributed by atoms with E-state index in [0.717, 1.165) is 17.7 Å². The van der Waals surface area contributed by atoms with Crippen LogP contribution in [0.15, 0.2) is 18.5 Å². The second-order valence-electron chi connectivity index (χ2n) is 9.58. The number of likely N-dealkylation sites (tertiary alicyclic amines) is 1. The molecular formula is C25H26F3N5O3. The van der Waals surface area contributed by atoms with E-state index in [1.54, 1.807) is 26.0 Å². The second kappa shape index (κ2) is 8.79. The van der Waals surface area contributed by atoms with Crippen molar-refractivity contribution in [3.05, 3.63) is 41.1 Å². The summed E-state index contributed by atoms with van der Waals surface area (Å²) < 4.78 is 50.3. The quantitative estimate of drug-likeness (QED) is 0.536. The normalized spacial score (nSPS) is 19.1. The molecule has 3 aromatic rings. The molecule has 0 unspecified atom stereocenters. The van der Waals surface area contributed by atoms with E-state index in [-0.39, 0.29) is 28.9 Å². The summed E-state index contributed by atoms with van der Waals surface area (Å²) in [4.78, 5) is 37.3. The van der Waals surface area contributed by atoms with E-state index < -0.39 is 36.1 Å². The molecule has 0 bridgehead atoms. The van der Waals surface area contributed by atoms with Gasteiger partial charge in [-0.05, 0) is 44.2 Å². The van der Waals surface area contributed by atoms with Gasteiger partial charge in [-0.15, -0.1) is 0 Å². The van der Waals surface area contributed by atoms with Gasteiger partial charge in [0, 0.05) is 19.2 Å². The fourth-order valence-corrected chi connectivity index (χ4v) is 4.49. The maximum atomic E-state index is 15.4. The van der Waals surface area contributed by atoms with Crippen LogP contribution in [0.5, 0.6) is 5.75 Å². The standard InChI is InChI=1S/C25H26F3N5O3/c1-12-4-7-16(36-9-15-5-6-15)19(20(12)26)22-23-21(29-11-30-22)18(13(2)31-23)24(35)32-17-8-33(14(3)34)10-25(17,27)28/h4,7,11,15,17,31H,5-6,8-10H2,1-3H3,(H,32,35)/t17-/m1/s1. The van der Waals surface area contributed by atoms with Gasteiger partial charge in [0.1, 0.15) is 35.1 Å². The maximum absolute atomic E-state index is 15.4. The van der Waals surface area contributed by atoms with E-state index >= 15 is 4.39 Å². The summed E-state index contributed by atoms with van der Waals surface area (Å²) >= 11 is 0. The monoisotopic (exact) mass is 501 g/mol. The van der Waals surface area contributed by atoms with E-state index in [9.17, 15) is 18.4 Å². The first-order valence-corrected chi connectivity index (χ1v) is 11.8. The number of carbonyl (C=O) groups is 2. The van der Waals surface area contributed by atoms with Gasteiger partial charge in [0.25, 0.3) is 11.8 Å². The summed E-state index contributed by atoms with van der Waals surface area (Å²) in [5, 5.41) is 2.36. The molecule has 0 radical (unpaired) electrons. The Labute approximate surface area is 205 Å². The highest BCUT2D eigenvalue weighted by Gasteiger charge is 2.50. The highest BCUT2D eigenvalue weighted by Crippen LogP contribution is 2.39. The molecule has 3 heterocycles. The highest BCUT2D eigenvalue weighted by molar-refractivity contribution is 6.09. The van der Waals surface area contributed by atoms with Crippen LogP contribution in [0.3, 0.4) is 0 Å². The average Bonchev–Trinajstić information content (AvgIpc) is 3.51. The summed E-state index contributed by atoms with van der Waals surface area (Å²) in [5.41, 5.74) is 1.65. The molecule has 2 N–H and O–H groups in total. The number of aromatic amines is 1. The van der Waals surface area contributed by atoms with Gasteiger partial charge in [0.2, 0.25) is 5.91 Å². The molecule has 1 aliphatic heterocycles. The number of aryl methyl sites for hydroxylation is 2. The van der Waals surface area contributed by atoms with Crippen molar-refractivity contribution in [1.29, 1.82) is 0 Å². The van der Waals surface area contributed by atoms with Gasteiger partial charge in [-0.1, -0.05) is 6.07 Å². The van der Waals surface area contributed by atoms with E-state index in [0.29, 0.717) is 35.0 Å². The molecule has 190 valence electrons. The van der Waals surface area contributed by atoms with Crippen molar-refractivity contribution in [2.45, 2.75) is 45.6 Å². The molecule has 1 atom stereocenters. The molecule has 0 spiro atoms. The third-order valence-electron chi connectivity index (χ3n) is 6.77. The molecule has 2 fully saturated rings. The maximum Gasteiger partial charge on any atom is 0.286 e. The molecule has 8 nitrogen and oxygen atoms in total. The van der Waals surface area contributed by atoms with E-state index in [1.807, 2.05) is 0 Å². The van der Waals surface area contributed by atoms with Crippen molar-refractivity contribution < 1.29 is 27.5 Å². The fraction of sp³-hybridized carbons (Fsp3) is 0.440. The summed E-state index contributed by atoms with van der Waals surface area (Å²) in [6, 6.07) is 1.78. The minimum absolute atomic E-state index is 0.0548. The first-order valence-electron chi connectivity index (χ1n) is 11.8. The Morgan fingerprint density at radius 2 is 2.00 bits per heavy atom. The summed E-state index contributed by atoms with van der Waals surface area (Å²) in [7, 11) is 0. The molecule has 5 rings (SSSR count). The number of benzene rings is 1. The molecule has 1 saturated heterocycles. The predicted molar refractivity (Wildman–Crippen MR) is 125 cm³/mol. The SMILES string of the molecule is CC(=O)N1C[C@@H](NC(=O)c2c(C)[nH]c3c(-c4c(OCC5CC5)ccc(C)c4F)ncnc23)C(F)(F)C1. The molecular weight excluding hydrogens is 475 g/mol. The number of alkyl halides is 2. The Morgan fingerprint density at radius 1 is 1.25 bits per heavy atom. The number of amides is 2. The lowest BCUT2D eigenvalue weighted by molar-refractivity contribution is -0.129. The van der Waals surface area contributed by atoms with Gasteiger partial charge >= 0.3 is 0 Å². The molecule has 36 heavy (non-hydrogen) atoms. The van der Waals surface area contributed by atoms with Gasteiger partial charge in [-0.25, -0.2) is 23.1 Å². The van der Waals surface area contributed by atoms with Gasteiger partial charge in [0.15, 0.2) is 0 Å². The van der Waals surface area contributed by atoms with E-state index in [4.69, 9.17) is 4.74 Å². The first-order chi connectivity index (χ1) is 17.1. The number of aromatic nitrogens is 3. The average molecular weight is 502 g/mol. The van der Waals surface area contributed by atoms with Crippen LogP contribution in [0.25, 0.3) is 22.3 Å². The number of nitrogens with zero attached hydrogens (tertiary/aromatic N) is 3. The lowest BCUT2D eigenvalue weighted by atomic mass is 10.0. The van der Waals surface area contributed by atoms with Crippen molar-refractivity contribution in [3.8, 4) is 17.0 Å². The lowest BCUT2D eigenvalue weighted by Crippen LogP contribution is -2.46. The predicted octanol–water partition coefficient (Wildman–Crippen LogP) is 3.77. The Hall–Kier alpha value is -3.63. The Bertz CT molecular complexity index is 1370. The number of ether oxygens (including phenoxy) is 1. The first kappa shape index (κ1) is 24.1. The third kappa shape index (κ3) is 4.27. The molecule has 2 aliphatic rings. The van der Waals surface area contributed by atoms with Crippen molar-refractivity contribution in [2.24, 2.45) is 5.92 Å². The number of halogens is 3. The number of H-pyrrole nitrogens is 1. The van der Waals surface area contributed by atoms with Gasteiger partial charge in [0.05, 0.1) is 29.8 Å². The highest BCUT2D eigenvalue weighted by atomic mass is 19.3. The van der Waals surface area contributed by atoms with E-state index in [1.165, 1.54) is 13.3 Å². The van der Waals surface area contributed by atoms with Crippen LogP contribution in [-0.2, 0) is 4.79 Å². The summed E-state index contributed by atoms with van der Waals surface area (Å²) in [6.07, 6.45) is 3.34. The van der Waals surface area contributed by atoms with Crippen LogP contribution in [0.2, 0.25) is 0 Å². The van der Waals surface area contributed by atoms with Crippen molar-refractivity contribution in [3.63, 3.8) is 0 Å². The molecule has 2 amide bonds. The topological polar surface area (TPSA) is 100 Å². The van der Waals surface area contributed by atoms with Gasteiger partial charge in [-0.2, -0.15) is 0 Å². The van der Waals surface area contributed by atoms with Crippen molar-refractivity contribution in [1.82, 2.24) is 25.2 Å². The third-order valence-corrected chi connectivity index (χ3v) is 6.77. The van der Waals surface area contributed by atoms with Crippen molar-refractivity contribution in [2.75, 3.05) is 19.7 Å². The number of nitrogens with one attached hydrogen (secondary N) is 2. The van der Waals surface area contributed by atoms with Crippen LogP contribution in [-0.4, -0.2) is 63.3 Å². The van der Waals surface area contributed by atoms with Crippen LogP contribution in [0.4, 0.5) is 13.2 Å². The molecule has 1 aliphatic carbocycles. The van der Waals surface area contributed by atoms with Gasteiger partial charge in [-0.3, -0.25) is 9.59 Å². The number of hydrogen-bond acceptors (Lipinski definition) is 5. The zero-order chi connectivity index (χ0) is 25.8. The fourth-order valence-electron chi connectivity index (χ4n) is 4.49. The minimum Gasteiger partial charge on any atom is -0.492 e. The molecule has 1 saturated carbocycles. The number of carbonyl (C=O) groups excluding carboxylic acids is 2. The summed E-state index contributed by atoms with van der Waals surface area (Å²) in [5.74, 6) is -4.27. The minimum atomic E-state index is -3.28. The van der Waals surface area contributed by atoms with Crippen LogP contribution >= 0.6 is 0 Å². The summed E-state index contributed by atoms with van der Waals surface area (Å²) in [6.45, 7) is 3.84. The zero-order valence-electron chi connectivity index (χ0n) is 20.1. The smallest absolute Gasteiger partial charge is 0.286 e. The Kier molecular flexibility index (Phi) is 5.88. The van der Waals surface area contributed by atoms with Crippen molar-refractivity contribution >= 4 is 22.8 Å². The number of hydrogen-bond donors (Lipinski definition) is 2.